The number of aromatic nitrogens is 1. The first-order valence-electron chi connectivity index (χ1n) is 5.26. The summed E-state index contributed by atoms with van der Waals surface area (Å²) in [5.41, 5.74) is 2.26. The third-order valence-electron chi connectivity index (χ3n) is 2.36. The number of para-hydroxylation sites is 1. The van der Waals surface area contributed by atoms with Crippen LogP contribution in [-0.2, 0) is 6.42 Å². The predicted octanol–water partition coefficient (Wildman–Crippen LogP) is 3.41. The van der Waals surface area contributed by atoms with Crippen LogP contribution in [0.2, 0.25) is 0 Å². The largest absolute Gasteiger partial charge is 0.256 e. The highest BCUT2D eigenvalue weighted by atomic mass is 35.5. The van der Waals surface area contributed by atoms with E-state index in [0.717, 1.165) is 18.4 Å². The van der Waals surface area contributed by atoms with Crippen LogP contribution in [0.5, 0.6) is 0 Å². The fourth-order valence-corrected chi connectivity index (χ4v) is 1.70. The minimum absolute atomic E-state index is 0.601. The number of rotatable bonds is 2. The molecule has 1 aromatic carbocycles. The Kier molecular flexibility index (Phi) is 3.80. The molecule has 0 aliphatic heterocycles. The van der Waals surface area contributed by atoms with Gasteiger partial charge in [-0.15, -0.1) is 17.5 Å². The van der Waals surface area contributed by atoms with Crippen molar-refractivity contribution in [2.45, 2.75) is 12.8 Å². The summed E-state index contributed by atoms with van der Waals surface area (Å²) in [7, 11) is 0. The van der Waals surface area contributed by atoms with Crippen LogP contribution < -0.4 is 0 Å². The highest BCUT2D eigenvalue weighted by Crippen LogP contribution is 2.16. The average Bonchev–Trinajstić information content (AvgIpc) is 2.35. The van der Waals surface area contributed by atoms with Crippen molar-refractivity contribution in [2.24, 2.45) is 0 Å². The molecule has 0 saturated heterocycles. The van der Waals surface area contributed by atoms with Crippen LogP contribution in [0.25, 0.3) is 10.9 Å². The molecule has 16 heavy (non-hydrogen) atoms. The van der Waals surface area contributed by atoms with Crippen LogP contribution >= 0.6 is 11.6 Å². The van der Waals surface area contributed by atoms with Gasteiger partial charge in [-0.25, -0.2) is 0 Å². The Balaban J connectivity index is 2.28. The van der Waals surface area contributed by atoms with Gasteiger partial charge in [-0.05, 0) is 17.7 Å². The normalized spacial score (nSPS) is 9.81. The van der Waals surface area contributed by atoms with Gasteiger partial charge in [-0.2, -0.15) is 0 Å². The second-order valence-electron chi connectivity index (χ2n) is 3.46. The molecular formula is C14H12ClN. The van der Waals surface area contributed by atoms with Crippen molar-refractivity contribution in [1.82, 2.24) is 4.98 Å². The number of hydrogen-bond acceptors (Lipinski definition) is 1. The number of fused-ring (bicyclic) bond motifs is 1. The molecule has 1 heterocycles. The quantitative estimate of drug-likeness (QED) is 0.568. The molecule has 0 saturated carbocycles. The molecule has 0 fully saturated rings. The molecule has 2 heteroatoms. The van der Waals surface area contributed by atoms with Gasteiger partial charge in [-0.3, -0.25) is 4.98 Å². The van der Waals surface area contributed by atoms with Crippen molar-refractivity contribution in [3.05, 3.63) is 42.1 Å². The maximum absolute atomic E-state index is 5.57. The van der Waals surface area contributed by atoms with Crippen LogP contribution in [0, 0.1) is 11.8 Å². The molecule has 0 unspecified atom stereocenters. The van der Waals surface area contributed by atoms with Crippen LogP contribution in [0.15, 0.2) is 36.5 Å². The van der Waals surface area contributed by atoms with Crippen molar-refractivity contribution in [3.8, 4) is 11.8 Å². The lowest BCUT2D eigenvalue weighted by molar-refractivity contribution is 1.26. The lowest BCUT2D eigenvalue weighted by atomic mass is 10.1. The Morgan fingerprint density at radius 2 is 2.00 bits per heavy atom. The standard InChI is InChI=1S/C14H12ClN/c15-10-5-1-2-6-12-9-11-16-14-8-4-3-7-13(12)14/h3-4,7-9,11H,5-6,10H2. The van der Waals surface area contributed by atoms with E-state index in [2.05, 4.69) is 22.9 Å². The van der Waals surface area contributed by atoms with Crippen LogP contribution in [-0.4, -0.2) is 10.9 Å². The summed E-state index contributed by atoms with van der Waals surface area (Å²) in [6.07, 6.45) is 3.35. The second-order valence-corrected chi connectivity index (χ2v) is 3.83. The van der Waals surface area contributed by atoms with E-state index >= 15 is 0 Å². The van der Waals surface area contributed by atoms with E-state index < -0.39 is 0 Å². The van der Waals surface area contributed by atoms with Gasteiger partial charge in [0.1, 0.15) is 0 Å². The fraction of sp³-hybridized carbons (Fsp3) is 0.214. The summed E-state index contributed by atoms with van der Waals surface area (Å²) in [4.78, 5) is 4.32. The average molecular weight is 230 g/mol. The summed E-state index contributed by atoms with van der Waals surface area (Å²) in [5, 5.41) is 1.19. The molecule has 2 aromatic rings. The number of hydrogen-bond donors (Lipinski definition) is 0. The first-order valence-corrected chi connectivity index (χ1v) is 5.79. The maximum Gasteiger partial charge on any atom is 0.0705 e. The third-order valence-corrected chi connectivity index (χ3v) is 2.55. The summed E-state index contributed by atoms with van der Waals surface area (Å²) in [6.45, 7) is 0. The topological polar surface area (TPSA) is 12.9 Å². The molecule has 0 bridgehead atoms. The fourth-order valence-electron chi connectivity index (χ4n) is 1.60. The minimum Gasteiger partial charge on any atom is -0.256 e. The first kappa shape index (κ1) is 11.0. The van der Waals surface area contributed by atoms with Crippen molar-refractivity contribution in [3.63, 3.8) is 0 Å². The summed E-state index contributed by atoms with van der Waals surface area (Å²) in [6, 6.07) is 10.2. The van der Waals surface area contributed by atoms with Crippen molar-refractivity contribution in [1.29, 1.82) is 0 Å². The predicted molar refractivity (Wildman–Crippen MR) is 68.6 cm³/mol. The molecule has 1 aromatic heterocycles. The lowest BCUT2D eigenvalue weighted by Gasteiger charge is -2.01. The smallest absolute Gasteiger partial charge is 0.0705 e. The van der Waals surface area contributed by atoms with Gasteiger partial charge in [-0.1, -0.05) is 24.1 Å². The number of nitrogens with zero attached hydrogens (tertiary/aromatic N) is 1. The van der Waals surface area contributed by atoms with Crippen molar-refractivity contribution < 1.29 is 0 Å². The van der Waals surface area contributed by atoms with Crippen LogP contribution in [0.1, 0.15) is 12.0 Å². The molecule has 80 valence electrons. The molecule has 0 aliphatic rings. The number of alkyl halides is 1. The van der Waals surface area contributed by atoms with E-state index in [1.807, 2.05) is 30.5 Å². The summed E-state index contributed by atoms with van der Waals surface area (Å²) >= 11 is 5.57. The number of benzene rings is 1. The van der Waals surface area contributed by atoms with E-state index in [0.29, 0.717) is 5.88 Å². The molecule has 0 N–H and O–H groups in total. The number of pyridine rings is 1. The lowest BCUT2D eigenvalue weighted by Crippen LogP contribution is -1.86. The molecule has 0 atom stereocenters. The van der Waals surface area contributed by atoms with Gasteiger partial charge in [0.25, 0.3) is 0 Å². The molecule has 0 radical (unpaired) electrons. The highest BCUT2D eigenvalue weighted by Gasteiger charge is 1.98. The van der Waals surface area contributed by atoms with E-state index in [9.17, 15) is 0 Å². The van der Waals surface area contributed by atoms with E-state index in [1.54, 1.807) is 0 Å². The van der Waals surface area contributed by atoms with E-state index in [1.165, 1.54) is 10.9 Å². The summed E-state index contributed by atoms with van der Waals surface area (Å²) in [5.74, 6) is 6.78. The molecule has 0 aliphatic carbocycles. The monoisotopic (exact) mass is 229 g/mol. The van der Waals surface area contributed by atoms with Gasteiger partial charge in [0.05, 0.1) is 5.52 Å². The zero-order chi connectivity index (χ0) is 11.2. The van der Waals surface area contributed by atoms with Crippen LogP contribution in [0.4, 0.5) is 0 Å². The Bertz CT molecular complexity index is 532. The molecule has 0 amide bonds. The van der Waals surface area contributed by atoms with E-state index in [4.69, 9.17) is 11.6 Å². The van der Waals surface area contributed by atoms with Crippen molar-refractivity contribution in [2.75, 3.05) is 5.88 Å². The van der Waals surface area contributed by atoms with Gasteiger partial charge in [0, 0.05) is 30.3 Å². The Labute approximate surface area is 100 Å². The summed E-state index contributed by atoms with van der Waals surface area (Å²) < 4.78 is 0. The molecular weight excluding hydrogens is 218 g/mol. The minimum atomic E-state index is 0.601. The maximum atomic E-state index is 5.57. The van der Waals surface area contributed by atoms with Gasteiger partial charge < -0.3 is 0 Å². The highest BCUT2D eigenvalue weighted by molar-refractivity contribution is 6.18. The first-order chi connectivity index (χ1) is 7.92. The van der Waals surface area contributed by atoms with Crippen molar-refractivity contribution >= 4 is 22.5 Å². The molecule has 1 nitrogen and oxygen atoms in total. The molecule has 0 spiro atoms. The van der Waals surface area contributed by atoms with Crippen LogP contribution in [0.3, 0.4) is 0 Å². The Hall–Kier alpha value is -1.52. The van der Waals surface area contributed by atoms with Gasteiger partial charge >= 0.3 is 0 Å². The SMILES string of the molecule is ClCCC#CCc1ccnc2ccccc12. The van der Waals surface area contributed by atoms with Gasteiger partial charge in [0.2, 0.25) is 0 Å². The Morgan fingerprint density at radius 1 is 1.12 bits per heavy atom. The molecule has 2 rings (SSSR count). The van der Waals surface area contributed by atoms with E-state index in [-0.39, 0.29) is 0 Å². The Morgan fingerprint density at radius 3 is 2.88 bits per heavy atom. The zero-order valence-corrected chi connectivity index (χ0v) is 9.67. The third kappa shape index (κ3) is 2.53. The second kappa shape index (κ2) is 5.53. The number of halogens is 1. The zero-order valence-electron chi connectivity index (χ0n) is 8.91. The van der Waals surface area contributed by atoms with Gasteiger partial charge in [0.15, 0.2) is 0 Å².